The predicted octanol–water partition coefficient (Wildman–Crippen LogP) is 3.06. The van der Waals surface area contributed by atoms with E-state index in [4.69, 9.17) is 0 Å². The first-order valence-corrected chi connectivity index (χ1v) is 7.21. The zero-order valence-corrected chi connectivity index (χ0v) is 13.0. The maximum atomic E-state index is 12.2. The van der Waals surface area contributed by atoms with Gasteiger partial charge in [0.05, 0.1) is 0 Å². The Morgan fingerprint density at radius 2 is 1.59 bits per heavy atom. The van der Waals surface area contributed by atoms with Crippen LogP contribution in [0.15, 0.2) is 48.5 Å². The van der Waals surface area contributed by atoms with E-state index in [2.05, 4.69) is 10.6 Å². The molecule has 114 valence electrons. The number of carbonyl (C=O) groups is 2. The molecule has 1 unspecified atom stereocenters. The summed E-state index contributed by atoms with van der Waals surface area (Å²) in [6.45, 7) is 5.52. The molecule has 0 bridgehead atoms. The number of amides is 2. The number of hydrogen-bond donors (Lipinski definition) is 2. The lowest BCUT2D eigenvalue weighted by atomic mass is 10.1. The third-order valence-corrected chi connectivity index (χ3v) is 3.45. The van der Waals surface area contributed by atoms with Gasteiger partial charge in [-0.15, -0.1) is 0 Å². The highest BCUT2D eigenvalue weighted by atomic mass is 16.2. The molecule has 0 aliphatic carbocycles. The third kappa shape index (κ3) is 3.95. The summed E-state index contributed by atoms with van der Waals surface area (Å²) in [6.07, 6.45) is 0. The summed E-state index contributed by atoms with van der Waals surface area (Å²) < 4.78 is 0. The molecule has 0 aromatic heterocycles. The zero-order chi connectivity index (χ0) is 16.1. The Morgan fingerprint density at radius 1 is 0.955 bits per heavy atom. The number of rotatable bonds is 4. The van der Waals surface area contributed by atoms with Gasteiger partial charge in [-0.05, 0) is 44.5 Å². The van der Waals surface area contributed by atoms with E-state index in [0.29, 0.717) is 11.3 Å². The standard InChI is InChI=1S/C18H20N2O2/c1-12-8-10-15(11-9-12)20-17(21)14(3)19-18(22)16-7-5-4-6-13(16)2/h4-11,14H,1-3H3,(H,19,22)(H,20,21). The van der Waals surface area contributed by atoms with Crippen LogP contribution in [-0.4, -0.2) is 17.9 Å². The topological polar surface area (TPSA) is 58.2 Å². The molecule has 0 saturated carbocycles. The van der Waals surface area contributed by atoms with Gasteiger partial charge < -0.3 is 10.6 Å². The molecule has 0 radical (unpaired) electrons. The van der Waals surface area contributed by atoms with Crippen molar-refractivity contribution in [2.75, 3.05) is 5.32 Å². The zero-order valence-electron chi connectivity index (χ0n) is 13.0. The molecule has 1 atom stereocenters. The van der Waals surface area contributed by atoms with Crippen molar-refractivity contribution >= 4 is 17.5 Å². The Morgan fingerprint density at radius 3 is 2.23 bits per heavy atom. The molecule has 2 aromatic rings. The van der Waals surface area contributed by atoms with E-state index in [1.165, 1.54) is 0 Å². The van der Waals surface area contributed by atoms with E-state index < -0.39 is 6.04 Å². The van der Waals surface area contributed by atoms with Gasteiger partial charge >= 0.3 is 0 Å². The van der Waals surface area contributed by atoms with Crippen LogP contribution in [-0.2, 0) is 4.79 Å². The predicted molar refractivity (Wildman–Crippen MR) is 87.9 cm³/mol. The number of anilines is 1. The van der Waals surface area contributed by atoms with Crippen LogP contribution in [0.4, 0.5) is 5.69 Å². The summed E-state index contributed by atoms with van der Waals surface area (Å²) >= 11 is 0. The molecule has 4 nitrogen and oxygen atoms in total. The third-order valence-electron chi connectivity index (χ3n) is 3.45. The van der Waals surface area contributed by atoms with Crippen LogP contribution < -0.4 is 10.6 Å². The highest BCUT2D eigenvalue weighted by molar-refractivity contribution is 6.01. The second-order valence-electron chi connectivity index (χ2n) is 5.37. The van der Waals surface area contributed by atoms with Crippen molar-refractivity contribution in [3.8, 4) is 0 Å². The fourth-order valence-corrected chi connectivity index (χ4v) is 2.06. The minimum absolute atomic E-state index is 0.245. The molecule has 0 aliphatic rings. The van der Waals surface area contributed by atoms with Gasteiger partial charge in [0.25, 0.3) is 5.91 Å². The van der Waals surface area contributed by atoms with Crippen molar-refractivity contribution < 1.29 is 9.59 Å². The van der Waals surface area contributed by atoms with E-state index in [-0.39, 0.29) is 11.8 Å². The molecule has 22 heavy (non-hydrogen) atoms. The molecule has 0 fully saturated rings. The second kappa shape index (κ2) is 6.89. The molecule has 2 amide bonds. The highest BCUT2D eigenvalue weighted by Gasteiger charge is 2.17. The van der Waals surface area contributed by atoms with Crippen molar-refractivity contribution in [3.05, 3.63) is 65.2 Å². The van der Waals surface area contributed by atoms with Crippen LogP contribution in [0.5, 0.6) is 0 Å². The first kappa shape index (κ1) is 15.8. The molecule has 4 heteroatoms. The summed E-state index contributed by atoms with van der Waals surface area (Å²) in [6, 6.07) is 14.2. The summed E-state index contributed by atoms with van der Waals surface area (Å²) in [7, 11) is 0. The van der Waals surface area contributed by atoms with Crippen LogP contribution in [0.3, 0.4) is 0 Å². The van der Waals surface area contributed by atoms with Crippen molar-refractivity contribution in [2.24, 2.45) is 0 Å². The lowest BCUT2D eigenvalue weighted by Crippen LogP contribution is -2.41. The summed E-state index contributed by atoms with van der Waals surface area (Å²) in [5.41, 5.74) is 3.30. The van der Waals surface area contributed by atoms with Gasteiger partial charge in [-0.3, -0.25) is 9.59 Å². The maximum Gasteiger partial charge on any atom is 0.252 e. The lowest BCUT2D eigenvalue weighted by molar-refractivity contribution is -0.117. The van der Waals surface area contributed by atoms with Crippen LogP contribution in [0.2, 0.25) is 0 Å². The SMILES string of the molecule is Cc1ccc(NC(=O)C(C)NC(=O)c2ccccc2C)cc1. The average Bonchev–Trinajstić information content (AvgIpc) is 2.49. The van der Waals surface area contributed by atoms with Crippen molar-refractivity contribution in [2.45, 2.75) is 26.8 Å². The van der Waals surface area contributed by atoms with E-state index in [1.807, 2.05) is 50.2 Å². The smallest absolute Gasteiger partial charge is 0.252 e. The van der Waals surface area contributed by atoms with E-state index in [9.17, 15) is 9.59 Å². The minimum Gasteiger partial charge on any atom is -0.341 e. The van der Waals surface area contributed by atoms with Crippen LogP contribution >= 0.6 is 0 Å². The molecule has 0 aliphatic heterocycles. The summed E-state index contributed by atoms with van der Waals surface area (Å²) in [4.78, 5) is 24.3. The van der Waals surface area contributed by atoms with Crippen molar-refractivity contribution in [3.63, 3.8) is 0 Å². The summed E-state index contributed by atoms with van der Waals surface area (Å²) in [5.74, 6) is -0.490. The van der Waals surface area contributed by atoms with Crippen molar-refractivity contribution in [1.82, 2.24) is 5.32 Å². The number of nitrogens with one attached hydrogen (secondary N) is 2. The molecule has 2 rings (SSSR count). The fraction of sp³-hybridized carbons (Fsp3) is 0.222. The lowest BCUT2D eigenvalue weighted by Gasteiger charge is -2.15. The molecule has 0 saturated heterocycles. The van der Waals surface area contributed by atoms with E-state index in [0.717, 1.165) is 11.1 Å². The molecule has 2 aromatic carbocycles. The maximum absolute atomic E-state index is 12.2. The van der Waals surface area contributed by atoms with Crippen LogP contribution in [0.25, 0.3) is 0 Å². The first-order chi connectivity index (χ1) is 10.5. The Kier molecular flexibility index (Phi) is 4.94. The minimum atomic E-state index is -0.617. The Hall–Kier alpha value is -2.62. The highest BCUT2D eigenvalue weighted by Crippen LogP contribution is 2.10. The Labute approximate surface area is 130 Å². The van der Waals surface area contributed by atoms with Gasteiger partial charge in [0.2, 0.25) is 5.91 Å². The largest absolute Gasteiger partial charge is 0.341 e. The second-order valence-corrected chi connectivity index (χ2v) is 5.37. The van der Waals surface area contributed by atoms with E-state index >= 15 is 0 Å². The van der Waals surface area contributed by atoms with Gasteiger partial charge in [-0.1, -0.05) is 35.9 Å². The number of benzene rings is 2. The van der Waals surface area contributed by atoms with Gasteiger partial charge in [-0.25, -0.2) is 0 Å². The monoisotopic (exact) mass is 296 g/mol. The number of carbonyl (C=O) groups excluding carboxylic acids is 2. The molecular weight excluding hydrogens is 276 g/mol. The van der Waals surface area contributed by atoms with Crippen LogP contribution in [0, 0.1) is 13.8 Å². The number of aryl methyl sites for hydroxylation is 2. The quantitative estimate of drug-likeness (QED) is 0.911. The average molecular weight is 296 g/mol. The number of hydrogen-bond acceptors (Lipinski definition) is 2. The molecule has 0 heterocycles. The summed E-state index contributed by atoms with van der Waals surface area (Å²) in [5, 5.41) is 5.50. The Balaban J connectivity index is 1.98. The fourth-order valence-electron chi connectivity index (χ4n) is 2.06. The van der Waals surface area contributed by atoms with Gasteiger partial charge in [0.1, 0.15) is 6.04 Å². The van der Waals surface area contributed by atoms with Gasteiger partial charge in [0.15, 0.2) is 0 Å². The Bertz CT molecular complexity index is 678. The van der Waals surface area contributed by atoms with Gasteiger partial charge in [-0.2, -0.15) is 0 Å². The van der Waals surface area contributed by atoms with E-state index in [1.54, 1.807) is 19.1 Å². The van der Waals surface area contributed by atoms with Gasteiger partial charge in [0, 0.05) is 11.3 Å². The molecule has 2 N–H and O–H groups in total. The normalized spacial score (nSPS) is 11.6. The molecule has 0 spiro atoms. The van der Waals surface area contributed by atoms with Crippen molar-refractivity contribution in [1.29, 1.82) is 0 Å². The first-order valence-electron chi connectivity index (χ1n) is 7.21. The van der Waals surface area contributed by atoms with Crippen LogP contribution in [0.1, 0.15) is 28.4 Å². The molecular formula is C18H20N2O2.